The lowest BCUT2D eigenvalue weighted by Crippen LogP contribution is -2.23. The van der Waals surface area contributed by atoms with E-state index in [-0.39, 0.29) is 5.91 Å². The Morgan fingerprint density at radius 3 is 2.42 bits per heavy atom. The van der Waals surface area contributed by atoms with Crippen molar-refractivity contribution in [1.29, 1.82) is 10.5 Å². The van der Waals surface area contributed by atoms with Gasteiger partial charge in [0.2, 0.25) is 0 Å². The van der Waals surface area contributed by atoms with Crippen LogP contribution in [0.4, 0.5) is 0 Å². The van der Waals surface area contributed by atoms with E-state index in [1.165, 1.54) is 12.4 Å². The number of pyridine rings is 5. The van der Waals surface area contributed by atoms with E-state index in [4.69, 9.17) is 22.1 Å². The molecule has 0 saturated heterocycles. The van der Waals surface area contributed by atoms with Crippen LogP contribution < -0.4 is 5.32 Å². The number of nitriles is 2. The third kappa shape index (κ3) is 8.68. The topological polar surface area (TPSA) is 227 Å². The summed E-state index contributed by atoms with van der Waals surface area (Å²) >= 11 is 8.18. The molecule has 0 aliphatic rings. The highest BCUT2D eigenvalue weighted by molar-refractivity contribution is 14.1. The number of benzene rings is 1. The van der Waals surface area contributed by atoms with Crippen LogP contribution in [-0.2, 0) is 13.0 Å². The summed E-state index contributed by atoms with van der Waals surface area (Å²) < 4.78 is 0.909. The van der Waals surface area contributed by atoms with Gasteiger partial charge in [-0.3, -0.25) is 30.1 Å². The van der Waals surface area contributed by atoms with E-state index in [0.717, 1.165) is 53.3 Å². The first-order valence-electron chi connectivity index (χ1n) is 16.4. The van der Waals surface area contributed by atoms with Crippen LogP contribution in [0.1, 0.15) is 44.0 Å². The molecule has 0 saturated carbocycles. The van der Waals surface area contributed by atoms with Crippen molar-refractivity contribution in [3.63, 3.8) is 0 Å². The van der Waals surface area contributed by atoms with Crippen molar-refractivity contribution in [2.45, 2.75) is 19.9 Å². The fraction of sp³-hybridized carbons (Fsp3) is 0.0789. The zero-order chi connectivity index (χ0) is 38.3. The van der Waals surface area contributed by atoms with E-state index < -0.39 is 0 Å². The summed E-state index contributed by atoms with van der Waals surface area (Å²) in [6.45, 7) is 2.32. The molecule has 55 heavy (non-hydrogen) atoms. The number of halogens is 2. The predicted molar refractivity (Wildman–Crippen MR) is 214 cm³/mol. The number of hydrogen-bond acceptors (Lipinski definition) is 11. The summed E-state index contributed by atoms with van der Waals surface area (Å²) in [5.41, 5.74) is 8.34. The molecule has 268 valence electrons. The number of carbonyl (C=O) groups excluding carboxylic acids is 1. The quantitative estimate of drug-likeness (QED) is 0.134. The highest BCUT2D eigenvalue weighted by Crippen LogP contribution is 2.21. The molecule has 8 heterocycles. The minimum Gasteiger partial charge on any atom is -0.348 e. The van der Waals surface area contributed by atoms with Crippen molar-refractivity contribution in [1.82, 2.24) is 60.8 Å². The van der Waals surface area contributed by atoms with Gasteiger partial charge in [0.1, 0.15) is 15.8 Å². The van der Waals surface area contributed by atoms with Gasteiger partial charge in [0.15, 0.2) is 16.9 Å². The number of nitrogens with one attached hydrogen (secondary N) is 4. The van der Waals surface area contributed by atoms with Crippen LogP contribution in [0.25, 0.3) is 44.0 Å². The van der Waals surface area contributed by atoms with Crippen molar-refractivity contribution in [3.05, 3.63) is 140 Å². The Morgan fingerprint density at radius 2 is 1.56 bits per heavy atom. The smallest absolute Gasteiger partial charge is 0.251 e. The largest absolute Gasteiger partial charge is 0.348 e. The molecule has 0 radical (unpaired) electrons. The monoisotopic (exact) mass is 856 g/mol. The van der Waals surface area contributed by atoms with Gasteiger partial charge in [0.25, 0.3) is 5.91 Å². The summed E-state index contributed by atoms with van der Waals surface area (Å²) in [6.07, 6.45) is 10.3. The molecule has 8 aromatic heterocycles. The van der Waals surface area contributed by atoms with Crippen LogP contribution in [0.2, 0.25) is 5.02 Å². The second kappa shape index (κ2) is 16.4. The number of rotatable bonds is 5. The lowest BCUT2D eigenvalue weighted by atomic mass is 10.0. The first-order chi connectivity index (χ1) is 26.8. The van der Waals surface area contributed by atoms with Crippen LogP contribution in [0, 0.1) is 33.3 Å². The maximum atomic E-state index is 12.7. The van der Waals surface area contributed by atoms with Crippen molar-refractivity contribution < 1.29 is 4.79 Å². The Balaban J connectivity index is 0.000000163. The van der Waals surface area contributed by atoms with Crippen LogP contribution in [-0.4, -0.2) is 61.4 Å². The van der Waals surface area contributed by atoms with Gasteiger partial charge in [-0.15, -0.1) is 0 Å². The van der Waals surface area contributed by atoms with E-state index in [1.807, 2.05) is 55.5 Å². The van der Waals surface area contributed by atoms with Crippen molar-refractivity contribution in [2.75, 3.05) is 0 Å². The maximum absolute atomic E-state index is 12.7. The van der Waals surface area contributed by atoms with Crippen LogP contribution in [0.5, 0.6) is 0 Å². The molecule has 1 aromatic carbocycles. The molecule has 0 fully saturated rings. The maximum Gasteiger partial charge on any atom is 0.251 e. The van der Waals surface area contributed by atoms with Gasteiger partial charge in [0.05, 0.1) is 33.2 Å². The zero-order valence-corrected chi connectivity index (χ0v) is 31.6. The number of aromatic nitrogens is 11. The van der Waals surface area contributed by atoms with Gasteiger partial charge in [-0.1, -0.05) is 17.7 Å². The second-order valence-corrected chi connectivity index (χ2v) is 13.5. The highest BCUT2D eigenvalue weighted by Gasteiger charge is 2.10. The third-order valence-corrected chi connectivity index (χ3v) is 9.23. The first-order valence-corrected chi connectivity index (χ1v) is 17.9. The van der Waals surface area contributed by atoms with Gasteiger partial charge >= 0.3 is 0 Å². The minimum atomic E-state index is -0.160. The molecule has 1 amide bonds. The SMILES string of the molecule is Cc1[nH]nc2ncc(CNC(=O)c3ccnc(Cc4ccc5ncc(Cl)cc5c4)c3)cc12.N#Cc1cnc2[nH]ncc2c1.N#Cc1cnc2n[nH]c(I)c2c1. The van der Waals surface area contributed by atoms with E-state index in [9.17, 15) is 4.79 Å². The molecule has 0 bridgehead atoms. The Kier molecular flexibility index (Phi) is 10.9. The Labute approximate surface area is 330 Å². The van der Waals surface area contributed by atoms with Gasteiger partial charge in [0, 0.05) is 77.1 Å². The third-order valence-electron chi connectivity index (χ3n) is 8.20. The molecule has 0 aliphatic heterocycles. The molecule has 0 aliphatic carbocycles. The first kappa shape index (κ1) is 36.5. The van der Waals surface area contributed by atoms with Crippen molar-refractivity contribution in [3.8, 4) is 12.1 Å². The zero-order valence-electron chi connectivity index (χ0n) is 28.7. The van der Waals surface area contributed by atoms with Gasteiger partial charge < -0.3 is 5.32 Å². The van der Waals surface area contributed by atoms with Gasteiger partial charge in [-0.2, -0.15) is 25.8 Å². The standard InChI is InChI=1S/C24H19ClN6O.C7H3IN4.C7H4N4/c1-14-21-8-16(11-28-23(21)31-30-14)12-29-24(32)17-4-5-26-20(10-17)7-15-2-3-22-18(6-15)9-19(25)13-27-22;8-6-5-1-4(2-9)3-10-7(5)12-11-6;8-2-5-1-6-4-10-11-7(6)9-3-5/h2-6,8-11,13H,7,12H2,1H3,(H,29,32)(H,28,30,31);1,3H,(H,10,11,12);1,3-4H,(H,9,10,11). The highest BCUT2D eigenvalue weighted by atomic mass is 127. The summed E-state index contributed by atoms with van der Waals surface area (Å²) in [5, 5.41) is 44.6. The summed E-state index contributed by atoms with van der Waals surface area (Å²) in [4.78, 5) is 33.8. The summed E-state index contributed by atoms with van der Waals surface area (Å²) in [6, 6.07) is 21.0. The van der Waals surface area contributed by atoms with E-state index in [1.54, 1.807) is 43.0 Å². The van der Waals surface area contributed by atoms with Crippen LogP contribution >= 0.6 is 34.2 Å². The Morgan fingerprint density at radius 1 is 0.782 bits per heavy atom. The van der Waals surface area contributed by atoms with E-state index in [2.05, 4.69) is 83.4 Å². The van der Waals surface area contributed by atoms with Gasteiger partial charge in [-0.05, 0) is 89.2 Å². The number of nitrogens with zero attached hydrogens (tertiary/aromatic N) is 10. The van der Waals surface area contributed by atoms with Crippen LogP contribution in [0.15, 0.2) is 91.8 Å². The molecule has 0 spiro atoms. The molecule has 9 aromatic rings. The number of amides is 1. The molecule has 17 heteroatoms. The average molecular weight is 857 g/mol. The van der Waals surface area contributed by atoms with Crippen molar-refractivity contribution in [2.24, 2.45) is 0 Å². The number of hydrogen-bond donors (Lipinski definition) is 4. The molecule has 0 atom stereocenters. The summed E-state index contributed by atoms with van der Waals surface area (Å²) in [7, 11) is 0. The fourth-order valence-electron chi connectivity index (χ4n) is 5.46. The lowest BCUT2D eigenvalue weighted by Gasteiger charge is -2.08. The number of fused-ring (bicyclic) bond motifs is 4. The fourth-order valence-corrected chi connectivity index (χ4v) is 6.15. The number of aromatic amines is 3. The Hall–Kier alpha value is -6.89. The van der Waals surface area contributed by atoms with Gasteiger partial charge in [-0.25, -0.2) is 15.0 Å². The van der Waals surface area contributed by atoms with Crippen molar-refractivity contribution >= 4 is 84.1 Å². The number of H-pyrrole nitrogens is 3. The average Bonchev–Trinajstić information content (AvgIpc) is 3.95. The lowest BCUT2D eigenvalue weighted by molar-refractivity contribution is 0.0950. The normalized spacial score (nSPS) is 10.6. The molecular weight excluding hydrogens is 831 g/mol. The summed E-state index contributed by atoms with van der Waals surface area (Å²) in [5.74, 6) is -0.160. The molecule has 9 rings (SSSR count). The molecule has 15 nitrogen and oxygen atoms in total. The number of aryl methyl sites for hydroxylation is 1. The van der Waals surface area contributed by atoms with E-state index >= 15 is 0 Å². The molecule has 4 N–H and O–H groups in total. The second-order valence-electron chi connectivity index (χ2n) is 12.0. The predicted octanol–water partition coefficient (Wildman–Crippen LogP) is 6.65. The minimum absolute atomic E-state index is 0.160. The Bertz CT molecular complexity index is 2920. The molecular formula is C38H26ClIN14O. The van der Waals surface area contributed by atoms with Crippen LogP contribution in [0.3, 0.4) is 0 Å². The number of carbonyl (C=O) groups is 1. The molecule has 0 unspecified atom stereocenters. The van der Waals surface area contributed by atoms with E-state index in [0.29, 0.717) is 51.6 Å².